The monoisotopic (exact) mass is 404 g/mol. The molecular formula is C16H22F6O3Si. The highest BCUT2D eigenvalue weighted by Gasteiger charge is 2.37. The second-order valence-electron chi connectivity index (χ2n) is 5.77. The Kier molecular flexibility index (Phi) is 8.12. The van der Waals surface area contributed by atoms with Gasteiger partial charge in [0.2, 0.25) is 0 Å². The third-order valence-electron chi connectivity index (χ3n) is 4.03. The number of hydrogen-bond acceptors (Lipinski definition) is 3. The first-order valence-electron chi connectivity index (χ1n) is 7.91. The molecule has 1 aromatic rings. The second-order valence-corrected chi connectivity index (χ2v) is 8.86. The molecule has 26 heavy (non-hydrogen) atoms. The summed E-state index contributed by atoms with van der Waals surface area (Å²) >= 11 is 0. The van der Waals surface area contributed by atoms with E-state index in [1.807, 2.05) is 0 Å². The maximum Gasteiger partial charge on any atom is 0.500 e. The highest BCUT2D eigenvalue weighted by Crippen LogP contribution is 2.36. The van der Waals surface area contributed by atoms with Crippen LogP contribution in [0.5, 0.6) is 0 Å². The lowest BCUT2D eigenvalue weighted by Crippen LogP contribution is -2.42. The van der Waals surface area contributed by atoms with E-state index in [1.165, 1.54) is 21.3 Å². The summed E-state index contributed by atoms with van der Waals surface area (Å²) in [4.78, 5) is 0. The molecule has 0 heterocycles. The van der Waals surface area contributed by atoms with Crippen molar-refractivity contribution < 1.29 is 39.6 Å². The molecule has 150 valence electrons. The third-order valence-corrected chi connectivity index (χ3v) is 6.86. The Bertz CT molecular complexity index is 530. The summed E-state index contributed by atoms with van der Waals surface area (Å²) in [5.41, 5.74) is -2.56. The van der Waals surface area contributed by atoms with Crippen LogP contribution in [0.1, 0.15) is 36.0 Å². The quantitative estimate of drug-likeness (QED) is 0.317. The lowest BCUT2D eigenvalue weighted by Gasteiger charge is -2.24. The van der Waals surface area contributed by atoms with Crippen LogP contribution in [-0.4, -0.2) is 30.1 Å². The second kappa shape index (κ2) is 9.20. The molecule has 0 amide bonds. The first-order chi connectivity index (χ1) is 12.0. The summed E-state index contributed by atoms with van der Waals surface area (Å²) in [6, 6.07) is 2.20. The zero-order chi connectivity index (χ0) is 20.0. The summed E-state index contributed by atoms with van der Waals surface area (Å²) in [5.74, 6) is 0. The van der Waals surface area contributed by atoms with Crippen LogP contribution >= 0.6 is 0 Å². The van der Waals surface area contributed by atoms with Gasteiger partial charge in [0, 0.05) is 27.4 Å². The Morgan fingerprint density at radius 3 is 1.58 bits per heavy atom. The molecule has 0 bridgehead atoms. The topological polar surface area (TPSA) is 27.7 Å². The average molecular weight is 404 g/mol. The molecule has 10 heteroatoms. The lowest BCUT2D eigenvalue weighted by molar-refractivity contribution is -0.143. The number of aryl methyl sites for hydroxylation is 1. The number of hydrogen-bond donors (Lipinski definition) is 0. The summed E-state index contributed by atoms with van der Waals surface area (Å²) in [6.07, 6.45) is -7.85. The van der Waals surface area contributed by atoms with Crippen molar-refractivity contribution in [3.05, 3.63) is 34.9 Å². The Labute approximate surface area is 149 Å². The van der Waals surface area contributed by atoms with Crippen LogP contribution in [-0.2, 0) is 32.1 Å². The van der Waals surface area contributed by atoms with Crippen LogP contribution < -0.4 is 0 Å². The number of alkyl halides is 6. The fraction of sp³-hybridized carbons (Fsp3) is 0.625. The molecule has 0 aliphatic carbocycles. The van der Waals surface area contributed by atoms with Gasteiger partial charge in [-0.1, -0.05) is 6.42 Å². The molecule has 3 nitrogen and oxygen atoms in total. The standard InChI is InChI=1S/C16H22F6O3Si/c1-23-26(24-2,25-3)8-6-4-5-7-12-9-13(15(17,18)19)11-14(10-12)16(20,21)22/h9-11H,4-8H2,1-3H3. The summed E-state index contributed by atoms with van der Waals surface area (Å²) in [7, 11) is 1.71. The Balaban J connectivity index is 2.73. The SMILES string of the molecule is CO[Si](CCCCCc1cc(C(F)(F)F)cc(C(F)(F)F)c1)(OC)OC. The molecule has 0 fully saturated rings. The molecule has 0 radical (unpaired) electrons. The summed E-state index contributed by atoms with van der Waals surface area (Å²) in [5, 5.41) is 0. The zero-order valence-electron chi connectivity index (χ0n) is 14.8. The first kappa shape index (κ1) is 22.9. The van der Waals surface area contributed by atoms with E-state index in [1.54, 1.807) is 0 Å². The van der Waals surface area contributed by atoms with Gasteiger partial charge in [-0.05, 0) is 43.0 Å². The summed E-state index contributed by atoms with van der Waals surface area (Å²) in [6.45, 7) is 0. The van der Waals surface area contributed by atoms with Crippen molar-refractivity contribution in [2.45, 2.75) is 44.1 Å². The molecule has 0 N–H and O–H groups in total. The van der Waals surface area contributed by atoms with Crippen LogP contribution in [0.15, 0.2) is 18.2 Å². The van der Waals surface area contributed by atoms with Crippen molar-refractivity contribution in [3.8, 4) is 0 Å². The van der Waals surface area contributed by atoms with Crippen LogP contribution in [0, 0.1) is 0 Å². The van der Waals surface area contributed by atoms with Crippen LogP contribution in [0.2, 0.25) is 6.04 Å². The zero-order valence-corrected chi connectivity index (χ0v) is 15.8. The number of halogens is 6. The molecule has 1 rings (SSSR count). The molecule has 0 saturated carbocycles. The van der Waals surface area contributed by atoms with Gasteiger partial charge in [-0.3, -0.25) is 0 Å². The van der Waals surface area contributed by atoms with Gasteiger partial charge in [0.25, 0.3) is 0 Å². The van der Waals surface area contributed by atoms with Gasteiger partial charge < -0.3 is 13.3 Å². The van der Waals surface area contributed by atoms with Gasteiger partial charge in [-0.25, -0.2) is 0 Å². The minimum Gasteiger partial charge on any atom is -0.377 e. The van der Waals surface area contributed by atoms with Gasteiger partial charge in [-0.15, -0.1) is 0 Å². The Morgan fingerprint density at radius 2 is 1.19 bits per heavy atom. The fourth-order valence-electron chi connectivity index (χ4n) is 2.57. The van der Waals surface area contributed by atoms with E-state index in [4.69, 9.17) is 13.3 Å². The maximum atomic E-state index is 12.8. The molecule has 0 unspecified atom stereocenters. The van der Waals surface area contributed by atoms with Crippen LogP contribution in [0.3, 0.4) is 0 Å². The third kappa shape index (κ3) is 6.56. The predicted octanol–water partition coefficient (Wildman–Crippen LogP) is 5.32. The molecule has 0 saturated heterocycles. The van der Waals surface area contributed by atoms with E-state index in [0.717, 1.165) is 12.1 Å². The highest BCUT2D eigenvalue weighted by atomic mass is 28.4. The van der Waals surface area contributed by atoms with Crippen molar-refractivity contribution in [3.63, 3.8) is 0 Å². The normalized spacial score (nSPS) is 13.3. The number of unbranched alkanes of at least 4 members (excludes halogenated alkanes) is 2. The van der Waals surface area contributed by atoms with E-state index in [-0.39, 0.29) is 18.1 Å². The number of benzene rings is 1. The van der Waals surface area contributed by atoms with E-state index < -0.39 is 32.3 Å². The van der Waals surface area contributed by atoms with E-state index in [9.17, 15) is 26.3 Å². The van der Waals surface area contributed by atoms with E-state index >= 15 is 0 Å². The minimum atomic E-state index is -4.82. The smallest absolute Gasteiger partial charge is 0.377 e. The van der Waals surface area contributed by atoms with E-state index in [2.05, 4.69) is 0 Å². The molecule has 0 aromatic heterocycles. The van der Waals surface area contributed by atoms with Gasteiger partial charge >= 0.3 is 21.2 Å². The Morgan fingerprint density at radius 1 is 0.731 bits per heavy atom. The van der Waals surface area contributed by atoms with Crippen molar-refractivity contribution in [1.82, 2.24) is 0 Å². The largest absolute Gasteiger partial charge is 0.500 e. The van der Waals surface area contributed by atoms with Crippen molar-refractivity contribution in [2.75, 3.05) is 21.3 Å². The highest BCUT2D eigenvalue weighted by molar-refractivity contribution is 6.60. The Hall–Kier alpha value is -1.10. The summed E-state index contributed by atoms with van der Waals surface area (Å²) < 4.78 is 92.7. The van der Waals surface area contributed by atoms with Crippen molar-refractivity contribution in [1.29, 1.82) is 0 Å². The van der Waals surface area contributed by atoms with Crippen molar-refractivity contribution >= 4 is 8.80 Å². The molecule has 0 aliphatic heterocycles. The molecule has 0 spiro atoms. The van der Waals surface area contributed by atoms with Gasteiger partial charge in [0.05, 0.1) is 11.1 Å². The first-order valence-corrected chi connectivity index (χ1v) is 9.84. The molecule has 1 aromatic carbocycles. The maximum absolute atomic E-state index is 12.8. The molecule has 0 aliphatic rings. The van der Waals surface area contributed by atoms with Gasteiger partial charge in [-0.2, -0.15) is 26.3 Å². The minimum absolute atomic E-state index is 0.0147. The van der Waals surface area contributed by atoms with E-state index in [0.29, 0.717) is 25.3 Å². The molecular weight excluding hydrogens is 382 g/mol. The lowest BCUT2D eigenvalue weighted by atomic mass is 10.0. The van der Waals surface area contributed by atoms with Crippen molar-refractivity contribution in [2.24, 2.45) is 0 Å². The fourth-order valence-corrected chi connectivity index (χ4v) is 4.36. The van der Waals surface area contributed by atoms with Gasteiger partial charge in [0.15, 0.2) is 0 Å². The van der Waals surface area contributed by atoms with Gasteiger partial charge in [0.1, 0.15) is 0 Å². The average Bonchev–Trinajstić information content (AvgIpc) is 2.57. The van der Waals surface area contributed by atoms with Crippen LogP contribution in [0.4, 0.5) is 26.3 Å². The predicted molar refractivity (Wildman–Crippen MR) is 85.6 cm³/mol. The molecule has 0 atom stereocenters. The number of rotatable bonds is 9. The van der Waals surface area contributed by atoms with Crippen LogP contribution in [0.25, 0.3) is 0 Å².